The monoisotopic (exact) mass is 177 g/mol. The van der Waals surface area contributed by atoms with Gasteiger partial charge in [0.1, 0.15) is 5.76 Å². The maximum atomic E-state index is 11.0. The highest BCUT2D eigenvalue weighted by molar-refractivity contribution is 5.76. The normalized spacial score (nSPS) is 9.15. The van der Waals surface area contributed by atoms with Crippen LogP contribution >= 0.6 is 0 Å². The summed E-state index contributed by atoms with van der Waals surface area (Å²) >= 11 is 0. The number of rotatable bonds is 4. The van der Waals surface area contributed by atoms with Crippen LogP contribution in [0.4, 0.5) is 0 Å². The van der Waals surface area contributed by atoms with Crippen LogP contribution in [0.3, 0.4) is 0 Å². The second-order valence-electron chi connectivity index (χ2n) is 2.56. The van der Waals surface area contributed by atoms with Gasteiger partial charge in [0.15, 0.2) is 0 Å². The number of nitrogens with one attached hydrogen (secondary N) is 1. The Morgan fingerprint density at radius 1 is 1.69 bits per heavy atom. The van der Waals surface area contributed by atoms with Gasteiger partial charge >= 0.3 is 0 Å². The zero-order valence-corrected chi connectivity index (χ0v) is 7.25. The molecular formula is C10H11NO2. The molecule has 1 heterocycles. The van der Waals surface area contributed by atoms with E-state index in [-0.39, 0.29) is 12.5 Å². The fourth-order valence-electron chi connectivity index (χ4n) is 0.930. The lowest BCUT2D eigenvalue weighted by molar-refractivity contribution is -0.120. The van der Waals surface area contributed by atoms with Crippen molar-refractivity contribution in [3.8, 4) is 12.3 Å². The Morgan fingerprint density at radius 2 is 2.54 bits per heavy atom. The van der Waals surface area contributed by atoms with Gasteiger partial charge in [-0.2, -0.15) is 0 Å². The van der Waals surface area contributed by atoms with E-state index in [1.165, 1.54) is 0 Å². The second kappa shape index (κ2) is 5.04. The molecule has 1 amide bonds. The highest BCUT2D eigenvalue weighted by atomic mass is 16.3. The third kappa shape index (κ3) is 3.48. The SMILES string of the molecule is C#CCNC(=O)CCc1ccco1. The molecule has 3 nitrogen and oxygen atoms in total. The van der Waals surface area contributed by atoms with E-state index in [4.69, 9.17) is 10.8 Å². The molecule has 0 atom stereocenters. The second-order valence-corrected chi connectivity index (χ2v) is 2.56. The average molecular weight is 177 g/mol. The van der Waals surface area contributed by atoms with Gasteiger partial charge in [0.2, 0.25) is 5.91 Å². The number of carbonyl (C=O) groups excluding carboxylic acids is 1. The third-order valence-electron chi connectivity index (χ3n) is 1.57. The quantitative estimate of drug-likeness (QED) is 0.696. The molecule has 0 aliphatic carbocycles. The van der Waals surface area contributed by atoms with Crippen LogP contribution in [0, 0.1) is 12.3 Å². The molecule has 68 valence electrons. The Kier molecular flexibility index (Phi) is 3.65. The molecule has 0 aromatic carbocycles. The van der Waals surface area contributed by atoms with E-state index in [1.54, 1.807) is 12.3 Å². The zero-order valence-electron chi connectivity index (χ0n) is 7.25. The molecule has 1 N–H and O–H groups in total. The van der Waals surface area contributed by atoms with Crippen LogP contribution in [0.5, 0.6) is 0 Å². The van der Waals surface area contributed by atoms with Gasteiger partial charge in [-0.3, -0.25) is 4.79 Å². The van der Waals surface area contributed by atoms with Gasteiger partial charge in [0.05, 0.1) is 12.8 Å². The van der Waals surface area contributed by atoms with Crippen LogP contribution in [-0.4, -0.2) is 12.5 Å². The van der Waals surface area contributed by atoms with Gasteiger partial charge in [-0.1, -0.05) is 5.92 Å². The van der Waals surface area contributed by atoms with Gasteiger partial charge in [-0.15, -0.1) is 6.42 Å². The van der Waals surface area contributed by atoms with E-state index >= 15 is 0 Å². The predicted molar refractivity (Wildman–Crippen MR) is 48.9 cm³/mol. The molecule has 1 aromatic rings. The van der Waals surface area contributed by atoms with Crippen molar-refractivity contribution in [1.82, 2.24) is 5.32 Å². The minimum Gasteiger partial charge on any atom is -0.469 e. The average Bonchev–Trinajstić information content (AvgIpc) is 2.64. The molecule has 1 aromatic heterocycles. The summed E-state index contributed by atoms with van der Waals surface area (Å²) in [5, 5.41) is 2.58. The maximum Gasteiger partial charge on any atom is 0.221 e. The number of hydrogen-bond donors (Lipinski definition) is 1. The molecule has 1 rings (SSSR count). The number of terminal acetylenes is 1. The van der Waals surface area contributed by atoms with Crippen LogP contribution in [-0.2, 0) is 11.2 Å². The number of furan rings is 1. The van der Waals surface area contributed by atoms with Crippen LogP contribution in [0.2, 0.25) is 0 Å². The molecule has 0 bridgehead atoms. The first kappa shape index (κ1) is 9.40. The van der Waals surface area contributed by atoms with Gasteiger partial charge in [-0.25, -0.2) is 0 Å². The van der Waals surface area contributed by atoms with E-state index in [0.29, 0.717) is 12.8 Å². The van der Waals surface area contributed by atoms with Crippen molar-refractivity contribution in [1.29, 1.82) is 0 Å². The van der Waals surface area contributed by atoms with Crippen molar-refractivity contribution in [2.24, 2.45) is 0 Å². The Bertz CT molecular complexity index is 295. The van der Waals surface area contributed by atoms with Crippen LogP contribution in [0.25, 0.3) is 0 Å². The molecule has 0 fully saturated rings. The van der Waals surface area contributed by atoms with E-state index in [0.717, 1.165) is 5.76 Å². The zero-order chi connectivity index (χ0) is 9.52. The predicted octanol–water partition coefficient (Wildman–Crippen LogP) is 0.962. The molecule has 0 aliphatic rings. The van der Waals surface area contributed by atoms with E-state index in [2.05, 4.69) is 11.2 Å². The highest BCUT2D eigenvalue weighted by Crippen LogP contribution is 2.02. The Hall–Kier alpha value is -1.69. The third-order valence-corrected chi connectivity index (χ3v) is 1.57. The minimum atomic E-state index is -0.0469. The van der Waals surface area contributed by atoms with Gasteiger partial charge in [-0.05, 0) is 12.1 Å². The summed E-state index contributed by atoms with van der Waals surface area (Å²) in [5.41, 5.74) is 0. The fourth-order valence-corrected chi connectivity index (χ4v) is 0.930. The molecule has 13 heavy (non-hydrogen) atoms. The summed E-state index contributed by atoms with van der Waals surface area (Å²) in [5.74, 6) is 3.11. The van der Waals surface area contributed by atoms with Crippen molar-refractivity contribution in [3.63, 3.8) is 0 Å². The Balaban J connectivity index is 2.20. The maximum absolute atomic E-state index is 11.0. The molecule has 0 saturated carbocycles. The first-order chi connectivity index (χ1) is 6.33. The number of hydrogen-bond acceptors (Lipinski definition) is 2. The first-order valence-corrected chi connectivity index (χ1v) is 4.05. The summed E-state index contributed by atoms with van der Waals surface area (Å²) in [6, 6.07) is 3.64. The van der Waals surface area contributed by atoms with Crippen LogP contribution in [0.1, 0.15) is 12.2 Å². The molecular weight excluding hydrogens is 166 g/mol. The Morgan fingerprint density at radius 3 is 3.15 bits per heavy atom. The first-order valence-electron chi connectivity index (χ1n) is 4.05. The number of carbonyl (C=O) groups is 1. The van der Waals surface area contributed by atoms with Crippen molar-refractivity contribution in [3.05, 3.63) is 24.2 Å². The largest absolute Gasteiger partial charge is 0.469 e. The summed E-state index contributed by atoms with van der Waals surface area (Å²) in [7, 11) is 0. The van der Waals surface area contributed by atoms with Crippen molar-refractivity contribution in [2.45, 2.75) is 12.8 Å². The molecule has 0 radical (unpaired) electrons. The van der Waals surface area contributed by atoms with E-state index < -0.39 is 0 Å². The van der Waals surface area contributed by atoms with Crippen LogP contribution in [0.15, 0.2) is 22.8 Å². The standard InChI is InChI=1S/C10H11NO2/c1-2-7-11-10(12)6-5-9-4-3-8-13-9/h1,3-4,8H,5-7H2,(H,11,12). The van der Waals surface area contributed by atoms with Crippen molar-refractivity contribution >= 4 is 5.91 Å². The molecule has 0 spiro atoms. The number of aryl methyl sites for hydroxylation is 1. The molecule has 3 heteroatoms. The molecule has 0 saturated heterocycles. The lowest BCUT2D eigenvalue weighted by Gasteiger charge is -1.98. The fraction of sp³-hybridized carbons (Fsp3) is 0.300. The Labute approximate surface area is 77.1 Å². The van der Waals surface area contributed by atoms with Crippen molar-refractivity contribution < 1.29 is 9.21 Å². The smallest absolute Gasteiger partial charge is 0.221 e. The van der Waals surface area contributed by atoms with Crippen molar-refractivity contribution in [2.75, 3.05) is 6.54 Å². The summed E-state index contributed by atoms with van der Waals surface area (Å²) in [6.45, 7) is 0.289. The summed E-state index contributed by atoms with van der Waals surface area (Å²) in [4.78, 5) is 11.0. The molecule has 0 unspecified atom stereocenters. The summed E-state index contributed by atoms with van der Waals surface area (Å²) in [6.07, 6.45) is 7.60. The topological polar surface area (TPSA) is 42.2 Å². The highest BCUT2D eigenvalue weighted by Gasteiger charge is 2.01. The van der Waals surface area contributed by atoms with Crippen LogP contribution < -0.4 is 5.32 Å². The van der Waals surface area contributed by atoms with Gasteiger partial charge in [0, 0.05) is 12.8 Å². The number of amides is 1. The lowest BCUT2D eigenvalue weighted by atomic mass is 10.2. The lowest BCUT2D eigenvalue weighted by Crippen LogP contribution is -2.23. The van der Waals surface area contributed by atoms with Gasteiger partial charge < -0.3 is 9.73 Å². The van der Waals surface area contributed by atoms with E-state index in [1.807, 2.05) is 6.07 Å². The molecule has 0 aliphatic heterocycles. The van der Waals surface area contributed by atoms with Gasteiger partial charge in [0.25, 0.3) is 0 Å². The summed E-state index contributed by atoms with van der Waals surface area (Å²) < 4.78 is 5.07. The van der Waals surface area contributed by atoms with E-state index in [9.17, 15) is 4.79 Å². The minimum absolute atomic E-state index is 0.0469.